The molecule has 0 aromatic carbocycles. The molecule has 60 heavy (non-hydrogen) atoms. The van der Waals surface area contributed by atoms with E-state index in [1.807, 2.05) is 17.4 Å². The third-order valence-corrected chi connectivity index (χ3v) is 9.30. The minimum absolute atomic E-state index is 0. The van der Waals surface area contributed by atoms with Gasteiger partial charge in [-0.1, -0.05) is 56.6 Å². The van der Waals surface area contributed by atoms with Crippen molar-refractivity contribution in [1.82, 2.24) is 15.0 Å². The van der Waals surface area contributed by atoms with Crippen molar-refractivity contribution in [2.24, 2.45) is 0 Å². The van der Waals surface area contributed by atoms with E-state index in [4.69, 9.17) is 26.8 Å². The topological polar surface area (TPSA) is 235 Å². The van der Waals surface area contributed by atoms with Crippen LogP contribution in [0.4, 0.5) is 13.2 Å². The van der Waals surface area contributed by atoms with Crippen molar-refractivity contribution in [2.75, 3.05) is 0 Å². The summed E-state index contributed by atoms with van der Waals surface area (Å²) in [6.07, 6.45) is 10.2. The number of pyridine rings is 3. The van der Waals surface area contributed by atoms with Crippen LogP contribution in [0.3, 0.4) is 0 Å². The van der Waals surface area contributed by atoms with Crippen LogP contribution in [0.1, 0.15) is 86.1 Å². The zero-order valence-corrected chi connectivity index (χ0v) is 35.6. The molecule has 5 heterocycles. The Balaban J connectivity index is 0.000000546. The fourth-order valence-electron chi connectivity index (χ4n) is 5.21. The molecule has 0 radical (unpaired) electrons. The first-order valence-corrected chi connectivity index (χ1v) is 18.7. The third-order valence-electron chi connectivity index (χ3n) is 8.10. The van der Waals surface area contributed by atoms with E-state index in [2.05, 4.69) is 51.5 Å². The molecule has 0 aliphatic carbocycles. The Hall–Kier alpha value is -5.74. The first-order chi connectivity index (χ1) is 27.6. The predicted octanol–water partition coefficient (Wildman–Crippen LogP) is 10.6. The van der Waals surface area contributed by atoms with Crippen molar-refractivity contribution < 1.29 is 62.4 Å². The van der Waals surface area contributed by atoms with Gasteiger partial charge in [0, 0.05) is 33.5 Å². The van der Waals surface area contributed by atoms with E-state index in [0.29, 0.717) is 6.08 Å². The number of hydrogen-bond donors (Lipinski definition) is 4. The van der Waals surface area contributed by atoms with Crippen LogP contribution in [0.15, 0.2) is 90.9 Å². The second-order valence-electron chi connectivity index (χ2n) is 12.3. The standard InChI is InChI=1S/C21H25F3N3S.C18H12N3O6.CNS.CH3.Ru/c1-2-3-4-5-6-16-9-10-17(28-16)8-7-15-11-12-27-19(13-15)18(25)14-20(26)21(22,23)24;22-16(23)9-1-3-19-12(5-9)14-7-11(18(26)27)8-15(21-14)13-6-10(17(24)25)2-4-20-13;2-1-3;;/h9-14,25-26H,2-8H2,1H3;1-8,12H,(H,22,23)(H,24,25)(H,26,27);;1H3;/q4*-1;+4/b18-14-,26-20?;;;;. The number of aromatic carboxylic acids is 2. The van der Waals surface area contributed by atoms with Gasteiger partial charge in [0.2, 0.25) is 0 Å². The maximum atomic E-state index is 12.5. The number of carboxylic acids is 3. The van der Waals surface area contributed by atoms with Crippen LogP contribution in [0.25, 0.3) is 33.5 Å². The van der Waals surface area contributed by atoms with Gasteiger partial charge in [-0.25, -0.2) is 14.4 Å². The fraction of sp³-hybridized carbons (Fsp3) is 0.244. The monoisotopic (exact) mass is 949 g/mol. The van der Waals surface area contributed by atoms with Crippen LogP contribution in [-0.2, 0) is 43.5 Å². The largest absolute Gasteiger partial charge is 4.00 e. The van der Waals surface area contributed by atoms with Gasteiger partial charge in [-0.15, -0.1) is 17.0 Å². The molecule has 4 aromatic heterocycles. The molecule has 316 valence electrons. The van der Waals surface area contributed by atoms with Crippen molar-refractivity contribution >= 4 is 58.0 Å². The van der Waals surface area contributed by atoms with Crippen molar-refractivity contribution in [3.8, 4) is 11.4 Å². The Labute approximate surface area is 367 Å². The number of nitrogens with one attached hydrogen (secondary N) is 2. The summed E-state index contributed by atoms with van der Waals surface area (Å²) in [6, 6.07) is 12.1. The molecule has 0 saturated heterocycles. The van der Waals surface area contributed by atoms with Crippen molar-refractivity contribution in [3.05, 3.63) is 153 Å². The first-order valence-electron chi connectivity index (χ1n) is 17.5. The molecular formula is C41H40F3N7O6RuS2. The van der Waals surface area contributed by atoms with Crippen LogP contribution < -0.4 is 0 Å². The van der Waals surface area contributed by atoms with Crippen LogP contribution >= 0.6 is 23.6 Å². The number of carboxylic acid groups (broad SMARTS) is 3. The van der Waals surface area contributed by atoms with E-state index in [1.54, 1.807) is 6.07 Å². The number of unbranched alkanes of at least 4 members (excludes halogenated alkanes) is 3. The number of thiocarbonyl (C=S) groups is 1. The van der Waals surface area contributed by atoms with E-state index >= 15 is 0 Å². The second-order valence-corrected chi connectivity index (χ2v) is 13.8. The van der Waals surface area contributed by atoms with Crippen LogP contribution in [-0.4, -0.2) is 65.2 Å². The number of thiophene rings is 1. The number of aryl methyl sites for hydroxylation is 3. The fourth-order valence-corrected chi connectivity index (χ4v) is 6.27. The minimum Gasteiger partial charge on any atom is -0.753 e. The summed E-state index contributed by atoms with van der Waals surface area (Å²) in [5.74, 6) is -3.52. The molecule has 1 aliphatic heterocycles. The zero-order valence-electron chi connectivity index (χ0n) is 32.2. The first kappa shape index (κ1) is 52.3. The van der Waals surface area contributed by atoms with E-state index in [0.717, 1.165) is 24.8 Å². The van der Waals surface area contributed by atoms with Gasteiger partial charge in [0.25, 0.3) is 0 Å². The van der Waals surface area contributed by atoms with Gasteiger partial charge in [0.1, 0.15) is 5.71 Å². The number of nitrogens with zero attached hydrogens (tertiary/aromatic N) is 5. The molecule has 5 rings (SSSR count). The summed E-state index contributed by atoms with van der Waals surface area (Å²) >= 11 is 5.51. The predicted molar refractivity (Wildman–Crippen MR) is 225 cm³/mol. The SMILES string of the molecule is CCCCCCc1ccc(CCc2ccnc(/C([NH-])=C/C(=N)C(F)(F)F)c2)s1.O=C(O)C1=CC(c2cc(C(=O)O)cc(-c3cc(C(=O)O)ccn3)n2)[N-]C=C1.[CH3-].[N-]=C=S.[Ru+4]. The molecule has 5 N–H and O–H groups in total. The number of allylic oxidation sites excluding steroid dienone is 1. The van der Waals surface area contributed by atoms with E-state index in [-0.39, 0.29) is 66.4 Å². The molecular weight excluding hydrogens is 909 g/mol. The Bertz CT molecular complexity index is 2240. The summed E-state index contributed by atoms with van der Waals surface area (Å²) in [5, 5.41) is 47.2. The molecule has 1 aliphatic rings. The maximum absolute atomic E-state index is 12.5. The Morgan fingerprint density at radius 3 is 2.18 bits per heavy atom. The van der Waals surface area contributed by atoms with Gasteiger partial charge in [0.05, 0.1) is 28.1 Å². The summed E-state index contributed by atoms with van der Waals surface area (Å²) < 4.78 is 37.4. The third kappa shape index (κ3) is 16.9. The van der Waals surface area contributed by atoms with Crippen LogP contribution in [0.2, 0.25) is 0 Å². The smallest absolute Gasteiger partial charge is 0.753 e. The number of halogens is 3. The number of hydrogen-bond acceptors (Lipinski definition) is 9. The molecule has 0 spiro atoms. The van der Waals surface area contributed by atoms with Gasteiger partial charge >= 0.3 is 43.6 Å². The molecule has 13 nitrogen and oxygen atoms in total. The molecule has 1 atom stereocenters. The number of aliphatic carboxylic acids is 1. The van der Waals surface area contributed by atoms with Crippen molar-refractivity contribution in [2.45, 2.75) is 64.1 Å². The average Bonchev–Trinajstić information content (AvgIpc) is 3.66. The van der Waals surface area contributed by atoms with Gasteiger partial charge in [-0.2, -0.15) is 24.5 Å². The van der Waals surface area contributed by atoms with Gasteiger partial charge in [-0.05, 0) is 85.9 Å². The summed E-state index contributed by atoms with van der Waals surface area (Å²) in [4.78, 5) is 48.8. The minimum atomic E-state index is -4.75. The summed E-state index contributed by atoms with van der Waals surface area (Å²) in [5.41, 5.74) is 7.28. The van der Waals surface area contributed by atoms with E-state index < -0.39 is 41.5 Å². The molecule has 19 heteroatoms. The number of rotatable bonds is 15. The van der Waals surface area contributed by atoms with Crippen LogP contribution in [0.5, 0.6) is 0 Å². The average molecular weight is 949 g/mol. The quantitative estimate of drug-likeness (QED) is 0.0289. The van der Waals surface area contributed by atoms with Crippen molar-refractivity contribution in [1.29, 1.82) is 5.41 Å². The maximum Gasteiger partial charge on any atom is 4.00 e. The molecule has 0 amide bonds. The number of alkyl halides is 3. The Morgan fingerprint density at radius 2 is 1.57 bits per heavy atom. The van der Waals surface area contributed by atoms with Crippen molar-refractivity contribution in [3.63, 3.8) is 0 Å². The molecule has 0 saturated carbocycles. The number of aromatic nitrogens is 3. The molecule has 0 fully saturated rings. The normalized spacial score (nSPS) is 12.9. The van der Waals surface area contributed by atoms with Gasteiger partial charge in [0.15, 0.2) is 0 Å². The summed E-state index contributed by atoms with van der Waals surface area (Å²) in [6.45, 7) is 2.20. The Morgan fingerprint density at radius 1 is 0.933 bits per heavy atom. The molecule has 4 aromatic rings. The van der Waals surface area contributed by atoms with Gasteiger partial charge < -0.3 is 39.2 Å². The van der Waals surface area contributed by atoms with Crippen LogP contribution in [0, 0.1) is 12.8 Å². The Kier molecular flexibility index (Phi) is 22.4. The van der Waals surface area contributed by atoms with E-state index in [1.165, 1.54) is 95.6 Å². The van der Waals surface area contributed by atoms with Gasteiger partial charge in [-0.3, -0.25) is 20.4 Å². The number of carbonyl (C=O) groups is 3. The second kappa shape index (κ2) is 25.7. The van der Waals surface area contributed by atoms with E-state index in [9.17, 15) is 32.7 Å². The zero-order chi connectivity index (χ0) is 42.8. The molecule has 1 unspecified atom stereocenters. The summed E-state index contributed by atoms with van der Waals surface area (Å²) in [7, 11) is 0. The molecule has 0 bridgehead atoms. The number of isothiocyanates is 1.